The Hall–Kier alpha value is -0.900. The standard InChI is InChI=1S/C12H19N3/c1-15-8-7-14-9-11(15)12(13)10-5-3-2-4-6-10/h2-6,11-12,14H,7-9,13H2,1H3. The molecule has 1 fully saturated rings. The van der Waals surface area contributed by atoms with Crippen LogP contribution in [0.3, 0.4) is 0 Å². The Morgan fingerprint density at radius 3 is 2.80 bits per heavy atom. The lowest BCUT2D eigenvalue weighted by Gasteiger charge is -2.37. The van der Waals surface area contributed by atoms with E-state index in [9.17, 15) is 0 Å². The van der Waals surface area contributed by atoms with E-state index in [0.717, 1.165) is 19.6 Å². The summed E-state index contributed by atoms with van der Waals surface area (Å²) in [5.41, 5.74) is 7.50. The third kappa shape index (κ3) is 2.37. The highest BCUT2D eigenvalue weighted by molar-refractivity contribution is 5.20. The number of rotatable bonds is 2. The van der Waals surface area contributed by atoms with Crippen molar-refractivity contribution in [1.29, 1.82) is 0 Å². The molecule has 1 saturated heterocycles. The molecule has 0 saturated carbocycles. The summed E-state index contributed by atoms with van der Waals surface area (Å²) >= 11 is 0. The minimum Gasteiger partial charge on any atom is -0.323 e. The molecular formula is C12H19N3. The van der Waals surface area contributed by atoms with Crippen molar-refractivity contribution in [2.45, 2.75) is 12.1 Å². The van der Waals surface area contributed by atoms with Crippen LogP contribution in [0, 0.1) is 0 Å². The maximum atomic E-state index is 6.28. The number of hydrogen-bond donors (Lipinski definition) is 2. The molecule has 3 heteroatoms. The second-order valence-electron chi connectivity index (χ2n) is 4.19. The van der Waals surface area contributed by atoms with Gasteiger partial charge in [0.05, 0.1) is 0 Å². The van der Waals surface area contributed by atoms with Gasteiger partial charge < -0.3 is 11.1 Å². The molecule has 1 aliphatic heterocycles. The minimum absolute atomic E-state index is 0.101. The fraction of sp³-hybridized carbons (Fsp3) is 0.500. The van der Waals surface area contributed by atoms with Crippen LogP contribution in [0.25, 0.3) is 0 Å². The lowest BCUT2D eigenvalue weighted by atomic mass is 9.98. The Labute approximate surface area is 91.3 Å². The third-order valence-corrected chi connectivity index (χ3v) is 3.16. The lowest BCUT2D eigenvalue weighted by Crippen LogP contribution is -2.53. The molecule has 0 radical (unpaired) electrons. The Kier molecular flexibility index (Phi) is 3.36. The molecule has 1 aliphatic rings. The van der Waals surface area contributed by atoms with Crippen LogP contribution in [0.5, 0.6) is 0 Å². The molecule has 15 heavy (non-hydrogen) atoms. The van der Waals surface area contributed by atoms with Crippen molar-refractivity contribution >= 4 is 0 Å². The molecule has 0 spiro atoms. The van der Waals surface area contributed by atoms with Crippen molar-refractivity contribution in [3.8, 4) is 0 Å². The van der Waals surface area contributed by atoms with Crippen molar-refractivity contribution in [3.63, 3.8) is 0 Å². The summed E-state index contributed by atoms with van der Waals surface area (Å²) in [5, 5.41) is 3.39. The van der Waals surface area contributed by atoms with Crippen molar-refractivity contribution < 1.29 is 0 Å². The third-order valence-electron chi connectivity index (χ3n) is 3.16. The summed E-state index contributed by atoms with van der Waals surface area (Å²) in [4.78, 5) is 2.34. The van der Waals surface area contributed by atoms with Gasteiger partial charge in [-0.2, -0.15) is 0 Å². The second-order valence-corrected chi connectivity index (χ2v) is 4.19. The quantitative estimate of drug-likeness (QED) is 0.742. The van der Waals surface area contributed by atoms with Gasteiger partial charge in [0.2, 0.25) is 0 Å². The van der Waals surface area contributed by atoms with E-state index in [0.29, 0.717) is 6.04 Å². The largest absolute Gasteiger partial charge is 0.323 e. The lowest BCUT2D eigenvalue weighted by molar-refractivity contribution is 0.174. The van der Waals surface area contributed by atoms with Gasteiger partial charge in [-0.25, -0.2) is 0 Å². The molecule has 1 heterocycles. The predicted molar refractivity (Wildman–Crippen MR) is 62.7 cm³/mol. The molecule has 3 N–H and O–H groups in total. The van der Waals surface area contributed by atoms with Gasteiger partial charge in [-0.05, 0) is 12.6 Å². The minimum atomic E-state index is 0.101. The number of nitrogens with two attached hydrogens (primary N) is 1. The molecule has 82 valence electrons. The molecule has 2 atom stereocenters. The number of likely N-dealkylation sites (N-methyl/N-ethyl adjacent to an activating group) is 1. The summed E-state index contributed by atoms with van der Waals surface area (Å²) in [7, 11) is 2.15. The molecule has 1 aromatic rings. The van der Waals surface area contributed by atoms with Crippen LogP contribution in [0.1, 0.15) is 11.6 Å². The Bertz CT molecular complexity index is 299. The second kappa shape index (κ2) is 4.75. The first-order valence-corrected chi connectivity index (χ1v) is 5.50. The zero-order valence-electron chi connectivity index (χ0n) is 9.19. The zero-order valence-corrected chi connectivity index (χ0v) is 9.19. The number of nitrogens with zero attached hydrogens (tertiary/aromatic N) is 1. The molecule has 2 unspecified atom stereocenters. The molecule has 3 nitrogen and oxygen atoms in total. The van der Waals surface area contributed by atoms with Gasteiger partial charge in [-0.1, -0.05) is 30.3 Å². The van der Waals surface area contributed by atoms with E-state index in [4.69, 9.17) is 5.73 Å². The Balaban J connectivity index is 2.09. The summed E-state index contributed by atoms with van der Waals surface area (Å²) in [6, 6.07) is 10.8. The first-order valence-electron chi connectivity index (χ1n) is 5.50. The van der Waals surface area contributed by atoms with Crippen LogP contribution in [0.4, 0.5) is 0 Å². The van der Waals surface area contributed by atoms with Crippen LogP contribution < -0.4 is 11.1 Å². The number of hydrogen-bond acceptors (Lipinski definition) is 3. The monoisotopic (exact) mass is 205 g/mol. The van der Waals surface area contributed by atoms with E-state index in [2.05, 4.69) is 29.4 Å². The summed E-state index contributed by atoms with van der Waals surface area (Å²) in [5.74, 6) is 0. The van der Waals surface area contributed by atoms with Gasteiger partial charge in [0.15, 0.2) is 0 Å². The van der Waals surface area contributed by atoms with Gasteiger partial charge in [-0.3, -0.25) is 4.90 Å². The topological polar surface area (TPSA) is 41.3 Å². The summed E-state index contributed by atoms with van der Waals surface area (Å²) in [6.07, 6.45) is 0. The maximum absolute atomic E-state index is 6.28. The van der Waals surface area contributed by atoms with Crippen molar-refractivity contribution in [3.05, 3.63) is 35.9 Å². The first kappa shape index (κ1) is 10.6. The molecule has 1 aromatic carbocycles. The van der Waals surface area contributed by atoms with Crippen LogP contribution in [0.15, 0.2) is 30.3 Å². The Morgan fingerprint density at radius 2 is 2.13 bits per heavy atom. The van der Waals surface area contributed by atoms with E-state index in [-0.39, 0.29) is 6.04 Å². The fourth-order valence-corrected chi connectivity index (χ4v) is 2.13. The molecular weight excluding hydrogens is 186 g/mol. The molecule has 2 rings (SSSR count). The normalized spacial score (nSPS) is 25.1. The van der Waals surface area contributed by atoms with E-state index in [1.54, 1.807) is 0 Å². The summed E-state index contributed by atoms with van der Waals surface area (Å²) < 4.78 is 0. The van der Waals surface area contributed by atoms with Crippen molar-refractivity contribution in [1.82, 2.24) is 10.2 Å². The van der Waals surface area contributed by atoms with Gasteiger partial charge >= 0.3 is 0 Å². The zero-order chi connectivity index (χ0) is 10.7. The first-order chi connectivity index (χ1) is 7.29. The van der Waals surface area contributed by atoms with Crippen molar-refractivity contribution in [2.24, 2.45) is 5.73 Å². The number of nitrogens with one attached hydrogen (secondary N) is 1. The van der Waals surface area contributed by atoms with E-state index < -0.39 is 0 Å². The molecule has 0 aromatic heterocycles. The predicted octanol–water partition coefficient (Wildman–Crippen LogP) is 0.590. The van der Waals surface area contributed by atoms with E-state index >= 15 is 0 Å². The average molecular weight is 205 g/mol. The van der Waals surface area contributed by atoms with Crippen LogP contribution in [-0.2, 0) is 0 Å². The number of piperazine rings is 1. The molecule has 0 amide bonds. The van der Waals surface area contributed by atoms with E-state index in [1.807, 2.05) is 18.2 Å². The molecule has 0 bridgehead atoms. The van der Waals surface area contributed by atoms with Crippen LogP contribution in [0.2, 0.25) is 0 Å². The SMILES string of the molecule is CN1CCNCC1C(N)c1ccccc1. The number of benzene rings is 1. The molecule has 0 aliphatic carbocycles. The highest BCUT2D eigenvalue weighted by Crippen LogP contribution is 2.18. The van der Waals surface area contributed by atoms with Gasteiger partial charge in [0, 0.05) is 31.7 Å². The highest BCUT2D eigenvalue weighted by Gasteiger charge is 2.25. The smallest absolute Gasteiger partial charge is 0.0465 e. The fourth-order valence-electron chi connectivity index (χ4n) is 2.13. The van der Waals surface area contributed by atoms with Gasteiger partial charge in [-0.15, -0.1) is 0 Å². The summed E-state index contributed by atoms with van der Waals surface area (Å²) in [6.45, 7) is 3.12. The maximum Gasteiger partial charge on any atom is 0.0465 e. The average Bonchev–Trinajstić information content (AvgIpc) is 2.30. The van der Waals surface area contributed by atoms with Crippen LogP contribution in [-0.4, -0.2) is 37.6 Å². The Morgan fingerprint density at radius 1 is 1.40 bits per heavy atom. The van der Waals surface area contributed by atoms with Gasteiger partial charge in [0.1, 0.15) is 0 Å². The highest BCUT2D eigenvalue weighted by atomic mass is 15.2. The van der Waals surface area contributed by atoms with Gasteiger partial charge in [0.25, 0.3) is 0 Å². The van der Waals surface area contributed by atoms with Crippen LogP contribution >= 0.6 is 0 Å². The van der Waals surface area contributed by atoms with E-state index in [1.165, 1.54) is 5.56 Å². The van der Waals surface area contributed by atoms with Crippen molar-refractivity contribution in [2.75, 3.05) is 26.7 Å².